The van der Waals surface area contributed by atoms with Gasteiger partial charge in [0.2, 0.25) is 0 Å². The quantitative estimate of drug-likeness (QED) is 0.526. The first kappa shape index (κ1) is 4.40. The minimum absolute atomic E-state index is 0.947. The molecule has 1 heterocycles. The van der Waals surface area contributed by atoms with Gasteiger partial charge in [-0.15, -0.1) is 0 Å². The monoisotopic (exact) mass is 163 g/mol. The van der Waals surface area contributed by atoms with E-state index in [9.17, 15) is 0 Å². The number of nitrogens with zero attached hydrogens (tertiary/aromatic N) is 1. The van der Waals surface area contributed by atoms with Gasteiger partial charge in [0.1, 0.15) is 0 Å². The third kappa shape index (κ3) is 0.849. The number of hydrogen-bond donors (Lipinski definition) is 0. The van der Waals surface area contributed by atoms with Crippen molar-refractivity contribution in [1.29, 1.82) is 0 Å². The highest BCUT2D eigenvalue weighted by Crippen LogP contribution is 2.12. The molecule has 0 aliphatic carbocycles. The van der Waals surface area contributed by atoms with Crippen molar-refractivity contribution in [2.45, 2.75) is 0 Å². The number of halogens is 1. The molecule has 1 nitrogen and oxygen atoms in total. The normalized spacial score (nSPS) is 18.5. The zero-order valence-electron chi connectivity index (χ0n) is 2.89. The lowest BCUT2D eigenvalue weighted by Gasteiger charge is -1.59. The number of aliphatic imine (C=N–C) groups is 1. The van der Waals surface area contributed by atoms with E-state index < -0.39 is 0 Å². The smallest absolute Gasteiger partial charge is 0.00749 e. The summed E-state index contributed by atoms with van der Waals surface area (Å²) in [6, 6.07) is 0. The molecule has 0 aromatic rings. The van der Waals surface area contributed by atoms with E-state index in [0.717, 1.165) is 3.95 Å². The fourth-order valence-electron chi connectivity index (χ4n) is 0.206. The average molecular weight is 164 g/mol. The molecule has 1 radical (unpaired) electrons. The maximum Gasteiger partial charge on any atom is 0.356 e. The molecule has 0 bridgehead atoms. The first-order valence-electron chi connectivity index (χ1n) is 1.44. The number of thioether (sulfide) groups is 1. The van der Waals surface area contributed by atoms with Crippen LogP contribution in [-0.2, 0) is 0 Å². The Labute approximate surface area is 48.7 Å². The molecule has 0 atom stereocenters. The minimum Gasteiger partial charge on any atom is -0.00749 e. The molecule has 0 saturated heterocycles. The van der Waals surface area contributed by atoms with Crippen molar-refractivity contribution >= 4 is 31.6 Å². The van der Waals surface area contributed by atoms with Crippen molar-refractivity contribution in [3.63, 3.8) is 0 Å². The van der Waals surface area contributed by atoms with Gasteiger partial charge in [0.15, 0.2) is 0 Å². The van der Waals surface area contributed by atoms with Crippen molar-refractivity contribution in [1.82, 2.24) is 4.99 Å². The summed E-state index contributed by atoms with van der Waals surface area (Å²) in [7, 11) is 0. The lowest BCUT2D eigenvalue weighted by Crippen LogP contribution is -1.75. The lowest BCUT2D eigenvalue weighted by atomic mass is 11.1. The van der Waals surface area contributed by atoms with E-state index in [0.29, 0.717) is 0 Å². The van der Waals surface area contributed by atoms with Gasteiger partial charge >= 0.3 is 3.95 Å². The van der Waals surface area contributed by atoms with Crippen LogP contribution in [0.4, 0.5) is 0 Å². The van der Waals surface area contributed by atoms with Gasteiger partial charge in [-0.3, -0.25) is 0 Å². The van der Waals surface area contributed by atoms with Crippen molar-refractivity contribution < 1.29 is 0 Å². The van der Waals surface area contributed by atoms with E-state index in [4.69, 9.17) is 0 Å². The molecule has 0 spiro atoms. The minimum atomic E-state index is 0.947. The molecule has 31 valence electrons. The highest BCUT2D eigenvalue weighted by molar-refractivity contribution is 9.22. The second-order valence-corrected chi connectivity index (χ2v) is 2.96. The topological polar surface area (TPSA) is 14.1 Å². The van der Waals surface area contributed by atoms with Gasteiger partial charge < -0.3 is 0 Å². The van der Waals surface area contributed by atoms with Crippen LogP contribution in [0.25, 0.3) is 0 Å². The van der Waals surface area contributed by atoms with Crippen LogP contribution < -0.4 is 4.99 Å². The van der Waals surface area contributed by atoms with Gasteiger partial charge in [-0.25, -0.2) is 0 Å². The summed E-state index contributed by atoms with van der Waals surface area (Å²) in [5, 5.41) is 1.92. The molecule has 0 unspecified atom stereocenters. The zero-order valence-corrected chi connectivity index (χ0v) is 5.29. The molecule has 0 aromatic carbocycles. The molecule has 1 aliphatic rings. The number of hydrogen-bond acceptors (Lipinski definition) is 2. The molecule has 0 fully saturated rings. The van der Waals surface area contributed by atoms with Crippen LogP contribution in [0.5, 0.6) is 0 Å². The first-order valence-corrected chi connectivity index (χ1v) is 3.12. The second-order valence-electron chi connectivity index (χ2n) is 0.785. The summed E-state index contributed by atoms with van der Waals surface area (Å²) >= 11 is 4.77. The highest BCUT2D eigenvalue weighted by Gasteiger charge is 2.07. The van der Waals surface area contributed by atoms with Crippen LogP contribution in [0.3, 0.4) is 0 Å². The maximum absolute atomic E-state index is 3.85. The largest absolute Gasteiger partial charge is 0.356 e. The van der Waals surface area contributed by atoms with Crippen LogP contribution in [0, 0.1) is 0 Å². The third-order valence-corrected chi connectivity index (χ3v) is 1.73. The Bertz CT molecular complexity index is 107. The SMILES string of the molecule is BrC1=[N+]C=CS1. The van der Waals surface area contributed by atoms with E-state index in [-0.39, 0.29) is 0 Å². The number of rotatable bonds is 0. The van der Waals surface area contributed by atoms with Gasteiger partial charge in [-0.05, 0) is 11.8 Å². The van der Waals surface area contributed by atoms with Crippen LogP contribution in [0.15, 0.2) is 11.6 Å². The van der Waals surface area contributed by atoms with Crippen LogP contribution in [-0.4, -0.2) is 3.95 Å². The summed E-state index contributed by atoms with van der Waals surface area (Å²) < 4.78 is 0.947. The van der Waals surface area contributed by atoms with E-state index in [1.165, 1.54) is 0 Å². The van der Waals surface area contributed by atoms with Crippen LogP contribution in [0.1, 0.15) is 0 Å². The van der Waals surface area contributed by atoms with Crippen LogP contribution in [0.2, 0.25) is 0 Å². The van der Waals surface area contributed by atoms with Gasteiger partial charge in [0.25, 0.3) is 6.20 Å². The van der Waals surface area contributed by atoms with Gasteiger partial charge in [0.05, 0.1) is 10.4 Å². The molecule has 0 saturated carbocycles. The summed E-state index contributed by atoms with van der Waals surface area (Å²) in [6.45, 7) is 0. The lowest BCUT2D eigenvalue weighted by molar-refractivity contribution is 1.44. The van der Waals surface area contributed by atoms with E-state index >= 15 is 0 Å². The molecular formula is C3H2BrNS+. The Hall–Kier alpha value is 0.240. The fraction of sp³-hybridized carbons (Fsp3) is 0. The Morgan fingerprint density at radius 2 is 2.67 bits per heavy atom. The summed E-state index contributed by atoms with van der Waals surface area (Å²) in [5.74, 6) is 0. The fourth-order valence-corrected chi connectivity index (χ4v) is 1.00. The van der Waals surface area contributed by atoms with Crippen molar-refractivity contribution in [3.8, 4) is 0 Å². The molecule has 1 rings (SSSR count). The molecule has 0 amide bonds. The Balaban J connectivity index is 2.61. The molecule has 0 aromatic heterocycles. The molecule has 0 N–H and O–H groups in total. The Morgan fingerprint density at radius 3 is 2.83 bits per heavy atom. The van der Waals surface area contributed by atoms with Crippen molar-refractivity contribution in [2.24, 2.45) is 0 Å². The van der Waals surface area contributed by atoms with Crippen molar-refractivity contribution in [2.75, 3.05) is 0 Å². The third-order valence-electron chi connectivity index (χ3n) is 0.402. The van der Waals surface area contributed by atoms with E-state index in [1.54, 1.807) is 18.0 Å². The summed E-state index contributed by atoms with van der Waals surface area (Å²) in [4.78, 5) is 3.85. The molecular weight excluding hydrogens is 162 g/mol. The zero-order chi connectivity index (χ0) is 4.41. The van der Waals surface area contributed by atoms with Gasteiger partial charge in [0, 0.05) is 15.9 Å². The Kier molecular flexibility index (Phi) is 1.32. The highest BCUT2D eigenvalue weighted by atomic mass is 79.9. The van der Waals surface area contributed by atoms with E-state index in [2.05, 4.69) is 20.9 Å². The summed E-state index contributed by atoms with van der Waals surface area (Å²) in [6.07, 6.45) is 1.76. The molecule has 6 heavy (non-hydrogen) atoms. The predicted octanol–water partition coefficient (Wildman–Crippen LogP) is 1.29. The predicted molar refractivity (Wildman–Crippen MR) is 32.8 cm³/mol. The molecule has 1 aliphatic heterocycles. The van der Waals surface area contributed by atoms with Gasteiger partial charge in [-0.2, -0.15) is 0 Å². The first-order chi connectivity index (χ1) is 2.89. The average Bonchev–Trinajstić information content (AvgIpc) is 1.86. The standard InChI is InChI=1S/C3H2BrNS/c4-3-5-1-2-6-3/h1-2H/q+1. The van der Waals surface area contributed by atoms with Crippen molar-refractivity contribution in [3.05, 3.63) is 11.6 Å². The Morgan fingerprint density at radius 1 is 1.83 bits per heavy atom. The summed E-state index contributed by atoms with van der Waals surface area (Å²) in [5.41, 5.74) is 0. The van der Waals surface area contributed by atoms with Gasteiger partial charge in [-0.1, -0.05) is 0 Å². The second kappa shape index (κ2) is 1.80. The maximum atomic E-state index is 3.85. The molecule has 3 heteroatoms. The van der Waals surface area contributed by atoms with E-state index in [1.807, 2.05) is 5.41 Å². The van der Waals surface area contributed by atoms with Crippen LogP contribution >= 0.6 is 27.7 Å².